The molecule has 0 fully saturated rings. The molecule has 0 aromatic heterocycles. The zero-order valence-electron chi connectivity index (χ0n) is 13.2. The molecule has 5 heteroatoms. The highest BCUT2D eigenvalue weighted by Crippen LogP contribution is 2.10. The second-order valence-corrected chi connectivity index (χ2v) is 6.23. The molecule has 0 radical (unpaired) electrons. The molecule has 2 amide bonds. The molecule has 0 atom stereocenters. The van der Waals surface area contributed by atoms with Crippen LogP contribution >= 0.6 is 15.9 Å². The number of carbonyl (C=O) groups is 2. The molecular formula is C18H19BrN2O2. The molecule has 0 saturated carbocycles. The summed E-state index contributed by atoms with van der Waals surface area (Å²) in [7, 11) is 0. The summed E-state index contributed by atoms with van der Waals surface area (Å²) in [5, 5.41) is 5.58. The van der Waals surface area contributed by atoms with Crippen molar-refractivity contribution in [2.24, 2.45) is 0 Å². The maximum absolute atomic E-state index is 12.0. The first kappa shape index (κ1) is 17.2. The van der Waals surface area contributed by atoms with Gasteiger partial charge >= 0.3 is 0 Å². The van der Waals surface area contributed by atoms with E-state index in [0.717, 1.165) is 15.6 Å². The van der Waals surface area contributed by atoms with Crippen LogP contribution in [0.1, 0.15) is 31.8 Å². The topological polar surface area (TPSA) is 58.2 Å². The zero-order valence-corrected chi connectivity index (χ0v) is 14.7. The van der Waals surface area contributed by atoms with Crippen LogP contribution in [-0.4, -0.2) is 24.9 Å². The van der Waals surface area contributed by atoms with E-state index in [-0.39, 0.29) is 11.8 Å². The molecular weight excluding hydrogens is 356 g/mol. The van der Waals surface area contributed by atoms with Crippen LogP contribution in [0, 0.1) is 13.8 Å². The average molecular weight is 375 g/mol. The minimum absolute atomic E-state index is 0.133. The molecule has 0 aliphatic rings. The highest BCUT2D eigenvalue weighted by Gasteiger charge is 2.07. The second-order valence-electron chi connectivity index (χ2n) is 5.32. The van der Waals surface area contributed by atoms with Crippen LogP contribution in [0.25, 0.3) is 0 Å². The van der Waals surface area contributed by atoms with Crippen molar-refractivity contribution in [2.75, 3.05) is 13.1 Å². The smallest absolute Gasteiger partial charge is 0.251 e. The summed E-state index contributed by atoms with van der Waals surface area (Å²) < 4.78 is 0.926. The lowest BCUT2D eigenvalue weighted by molar-refractivity contribution is 0.0927. The van der Waals surface area contributed by atoms with Gasteiger partial charge in [0.05, 0.1) is 0 Å². The minimum atomic E-state index is -0.155. The van der Waals surface area contributed by atoms with E-state index >= 15 is 0 Å². The monoisotopic (exact) mass is 374 g/mol. The highest BCUT2D eigenvalue weighted by molar-refractivity contribution is 9.10. The van der Waals surface area contributed by atoms with Crippen molar-refractivity contribution >= 4 is 27.7 Å². The molecule has 0 unspecified atom stereocenters. The van der Waals surface area contributed by atoms with Crippen LogP contribution in [0.5, 0.6) is 0 Å². The summed E-state index contributed by atoms with van der Waals surface area (Å²) in [4.78, 5) is 23.9. The molecule has 2 N–H and O–H groups in total. The molecule has 23 heavy (non-hydrogen) atoms. The number of aryl methyl sites for hydroxylation is 2. The van der Waals surface area contributed by atoms with E-state index in [2.05, 4.69) is 26.6 Å². The Hall–Kier alpha value is -2.14. The first-order chi connectivity index (χ1) is 11.0. The van der Waals surface area contributed by atoms with Gasteiger partial charge in [0.2, 0.25) is 0 Å². The number of nitrogens with one attached hydrogen (secondary N) is 2. The number of hydrogen-bond donors (Lipinski definition) is 2. The van der Waals surface area contributed by atoms with Gasteiger partial charge in [0, 0.05) is 28.7 Å². The Kier molecular flexibility index (Phi) is 5.93. The van der Waals surface area contributed by atoms with Crippen LogP contribution in [-0.2, 0) is 0 Å². The fraction of sp³-hybridized carbons (Fsp3) is 0.222. The van der Waals surface area contributed by atoms with Crippen molar-refractivity contribution in [1.82, 2.24) is 10.6 Å². The minimum Gasteiger partial charge on any atom is -0.350 e. The summed E-state index contributed by atoms with van der Waals surface area (Å²) >= 11 is 3.33. The molecule has 2 rings (SSSR count). The van der Waals surface area contributed by atoms with E-state index in [9.17, 15) is 9.59 Å². The third-order valence-electron chi connectivity index (χ3n) is 3.57. The van der Waals surface area contributed by atoms with Gasteiger partial charge in [-0.2, -0.15) is 0 Å². The van der Waals surface area contributed by atoms with E-state index in [0.29, 0.717) is 24.2 Å². The normalized spacial score (nSPS) is 10.2. The largest absolute Gasteiger partial charge is 0.350 e. The summed E-state index contributed by atoms with van der Waals surface area (Å²) in [5.74, 6) is -0.288. The molecule has 120 valence electrons. The summed E-state index contributed by atoms with van der Waals surface area (Å²) in [6.45, 7) is 4.75. The Bertz CT molecular complexity index is 711. The summed E-state index contributed by atoms with van der Waals surface area (Å²) in [6.07, 6.45) is 0. The standard InChI is InChI=1S/C18H19BrN2O2/c1-12-3-4-15(11-13(12)2)18(23)21-10-9-20-17(22)14-5-7-16(19)8-6-14/h3-8,11H,9-10H2,1-2H3,(H,20,22)(H,21,23). The van der Waals surface area contributed by atoms with Crippen molar-refractivity contribution in [1.29, 1.82) is 0 Å². The Balaban J connectivity index is 1.78. The average Bonchev–Trinajstić information content (AvgIpc) is 2.54. The first-order valence-corrected chi connectivity index (χ1v) is 8.16. The summed E-state index contributed by atoms with van der Waals surface area (Å²) in [5.41, 5.74) is 3.46. The van der Waals surface area contributed by atoms with Crippen LogP contribution < -0.4 is 10.6 Å². The van der Waals surface area contributed by atoms with Crippen LogP contribution in [0.4, 0.5) is 0 Å². The molecule has 0 aliphatic heterocycles. The fourth-order valence-corrected chi connectivity index (χ4v) is 2.30. The Morgan fingerprint density at radius 3 is 1.91 bits per heavy atom. The predicted octanol–water partition coefficient (Wildman–Crippen LogP) is 3.23. The second kappa shape index (κ2) is 7.92. The predicted molar refractivity (Wildman–Crippen MR) is 94.7 cm³/mol. The van der Waals surface area contributed by atoms with Gasteiger partial charge in [-0.1, -0.05) is 22.0 Å². The van der Waals surface area contributed by atoms with Crippen LogP contribution in [0.15, 0.2) is 46.9 Å². The maximum Gasteiger partial charge on any atom is 0.251 e. The van der Waals surface area contributed by atoms with E-state index in [1.54, 1.807) is 18.2 Å². The highest BCUT2D eigenvalue weighted by atomic mass is 79.9. The molecule has 0 saturated heterocycles. The lowest BCUT2D eigenvalue weighted by Crippen LogP contribution is -2.34. The van der Waals surface area contributed by atoms with Crippen molar-refractivity contribution in [2.45, 2.75) is 13.8 Å². The lowest BCUT2D eigenvalue weighted by atomic mass is 10.1. The number of hydrogen-bond acceptors (Lipinski definition) is 2. The van der Waals surface area contributed by atoms with Gasteiger partial charge in [-0.15, -0.1) is 0 Å². The molecule has 0 heterocycles. The first-order valence-electron chi connectivity index (χ1n) is 7.36. The lowest BCUT2D eigenvalue weighted by Gasteiger charge is -2.08. The fourth-order valence-electron chi connectivity index (χ4n) is 2.04. The number of halogens is 1. The zero-order chi connectivity index (χ0) is 16.8. The third kappa shape index (κ3) is 4.93. The van der Waals surface area contributed by atoms with Gasteiger partial charge < -0.3 is 10.6 Å². The van der Waals surface area contributed by atoms with Gasteiger partial charge in [-0.25, -0.2) is 0 Å². The molecule has 4 nitrogen and oxygen atoms in total. The van der Waals surface area contributed by atoms with E-state index in [1.807, 2.05) is 38.1 Å². The Morgan fingerprint density at radius 1 is 0.826 bits per heavy atom. The van der Waals surface area contributed by atoms with Crippen molar-refractivity contribution in [3.05, 3.63) is 69.2 Å². The van der Waals surface area contributed by atoms with Crippen LogP contribution in [0.3, 0.4) is 0 Å². The summed E-state index contributed by atoms with van der Waals surface area (Å²) in [6, 6.07) is 12.7. The number of rotatable bonds is 5. The quantitative estimate of drug-likeness (QED) is 0.789. The molecule has 0 aliphatic carbocycles. The molecule has 2 aromatic carbocycles. The Morgan fingerprint density at radius 2 is 1.35 bits per heavy atom. The third-order valence-corrected chi connectivity index (χ3v) is 4.10. The molecule has 2 aromatic rings. The van der Waals surface area contributed by atoms with E-state index in [4.69, 9.17) is 0 Å². The van der Waals surface area contributed by atoms with Gasteiger partial charge in [-0.05, 0) is 61.4 Å². The van der Waals surface area contributed by atoms with Gasteiger partial charge in [-0.3, -0.25) is 9.59 Å². The number of benzene rings is 2. The SMILES string of the molecule is Cc1ccc(C(=O)NCCNC(=O)c2ccc(Br)cc2)cc1C. The van der Waals surface area contributed by atoms with E-state index in [1.165, 1.54) is 0 Å². The molecule has 0 bridgehead atoms. The van der Waals surface area contributed by atoms with Gasteiger partial charge in [0.1, 0.15) is 0 Å². The van der Waals surface area contributed by atoms with Gasteiger partial charge in [0.25, 0.3) is 11.8 Å². The van der Waals surface area contributed by atoms with Gasteiger partial charge in [0.15, 0.2) is 0 Å². The maximum atomic E-state index is 12.0. The van der Waals surface area contributed by atoms with Crippen LogP contribution in [0.2, 0.25) is 0 Å². The number of carbonyl (C=O) groups excluding carboxylic acids is 2. The van der Waals surface area contributed by atoms with E-state index < -0.39 is 0 Å². The number of amides is 2. The Labute approximate surface area is 144 Å². The molecule has 0 spiro atoms. The van der Waals surface area contributed by atoms with Crippen molar-refractivity contribution in [3.63, 3.8) is 0 Å². The van der Waals surface area contributed by atoms with Crippen molar-refractivity contribution in [3.8, 4) is 0 Å². The van der Waals surface area contributed by atoms with Crippen molar-refractivity contribution < 1.29 is 9.59 Å².